The molecule has 0 saturated carbocycles. The number of hydrogen-bond donors (Lipinski definition) is 0. The van der Waals surface area contributed by atoms with Gasteiger partial charge in [-0.2, -0.15) is 0 Å². The summed E-state index contributed by atoms with van der Waals surface area (Å²) >= 11 is 0. The number of halogens is 3. The van der Waals surface area contributed by atoms with Gasteiger partial charge in [-0.25, -0.2) is 0 Å². The van der Waals surface area contributed by atoms with Crippen LogP contribution in [0.2, 0.25) is 0 Å². The number of alkyl halides is 3. The Bertz CT molecular complexity index is 782. The molecule has 0 bridgehead atoms. The highest BCUT2D eigenvalue weighted by atomic mass is 19.4. The van der Waals surface area contributed by atoms with Crippen molar-refractivity contribution >= 4 is 10.9 Å². The molecule has 112 valence electrons. The van der Waals surface area contributed by atoms with E-state index in [1.165, 1.54) is 12.1 Å². The molecular weight excluding hydrogens is 291 g/mol. The summed E-state index contributed by atoms with van der Waals surface area (Å²) < 4.78 is 40.2. The average Bonchev–Trinajstić information content (AvgIpc) is 2.48. The van der Waals surface area contributed by atoms with E-state index < -0.39 is 6.36 Å². The molecule has 1 heterocycles. The Balaban J connectivity index is 1.77. The smallest absolute Gasteiger partial charge is 0.406 e. The molecule has 0 saturated heterocycles. The van der Waals surface area contributed by atoms with E-state index in [0.29, 0.717) is 6.42 Å². The van der Waals surface area contributed by atoms with Gasteiger partial charge in [-0.05, 0) is 47.9 Å². The standard InChI is InChI=1S/C17H12F3NO/c18-17(19,20)22-15-6-3-12(4-7-15)10-13-5-8-16-14(11-13)2-1-9-21-16/h1-9,11H,10H2. The Morgan fingerprint density at radius 3 is 2.36 bits per heavy atom. The number of ether oxygens (including phenoxy) is 1. The largest absolute Gasteiger partial charge is 0.573 e. The average molecular weight is 303 g/mol. The molecule has 3 rings (SSSR count). The van der Waals surface area contributed by atoms with E-state index in [0.717, 1.165) is 22.0 Å². The zero-order chi connectivity index (χ0) is 15.6. The number of hydrogen-bond acceptors (Lipinski definition) is 2. The first-order chi connectivity index (χ1) is 10.5. The molecule has 0 aliphatic rings. The topological polar surface area (TPSA) is 22.1 Å². The Hall–Kier alpha value is -2.56. The third kappa shape index (κ3) is 3.55. The molecule has 0 aliphatic heterocycles. The lowest BCUT2D eigenvalue weighted by atomic mass is 10.0. The van der Waals surface area contributed by atoms with E-state index >= 15 is 0 Å². The Kier molecular flexibility index (Phi) is 3.71. The maximum absolute atomic E-state index is 12.1. The molecule has 0 radical (unpaired) electrons. The van der Waals surface area contributed by atoms with Crippen molar-refractivity contribution < 1.29 is 17.9 Å². The van der Waals surface area contributed by atoms with Crippen molar-refractivity contribution in [1.82, 2.24) is 4.98 Å². The predicted molar refractivity (Wildman–Crippen MR) is 77.7 cm³/mol. The van der Waals surface area contributed by atoms with Crippen LogP contribution >= 0.6 is 0 Å². The fourth-order valence-corrected chi connectivity index (χ4v) is 2.28. The van der Waals surface area contributed by atoms with E-state index in [2.05, 4.69) is 9.72 Å². The van der Waals surface area contributed by atoms with Gasteiger partial charge in [0.05, 0.1) is 5.52 Å². The van der Waals surface area contributed by atoms with Gasteiger partial charge in [-0.3, -0.25) is 4.98 Å². The fourth-order valence-electron chi connectivity index (χ4n) is 2.28. The first-order valence-electron chi connectivity index (χ1n) is 6.68. The van der Waals surface area contributed by atoms with Crippen LogP contribution in [0, 0.1) is 0 Å². The molecule has 0 unspecified atom stereocenters. The normalized spacial score (nSPS) is 11.6. The maximum atomic E-state index is 12.1. The zero-order valence-electron chi connectivity index (χ0n) is 11.5. The quantitative estimate of drug-likeness (QED) is 0.698. The summed E-state index contributed by atoms with van der Waals surface area (Å²) in [5.41, 5.74) is 2.91. The Morgan fingerprint density at radius 1 is 0.909 bits per heavy atom. The zero-order valence-corrected chi connectivity index (χ0v) is 11.5. The minimum Gasteiger partial charge on any atom is -0.406 e. The second-order valence-corrected chi connectivity index (χ2v) is 4.90. The highest BCUT2D eigenvalue weighted by Gasteiger charge is 2.30. The van der Waals surface area contributed by atoms with Gasteiger partial charge in [-0.1, -0.05) is 24.3 Å². The van der Waals surface area contributed by atoms with Crippen molar-refractivity contribution in [3.63, 3.8) is 0 Å². The van der Waals surface area contributed by atoms with E-state index in [4.69, 9.17) is 0 Å². The van der Waals surface area contributed by atoms with Crippen LogP contribution in [-0.4, -0.2) is 11.3 Å². The molecule has 3 aromatic rings. The number of rotatable bonds is 3. The van der Waals surface area contributed by atoms with E-state index in [1.807, 2.05) is 30.3 Å². The molecule has 0 N–H and O–H groups in total. The number of nitrogens with zero attached hydrogens (tertiary/aromatic N) is 1. The van der Waals surface area contributed by atoms with Gasteiger partial charge in [0.15, 0.2) is 0 Å². The highest BCUT2D eigenvalue weighted by molar-refractivity contribution is 5.79. The summed E-state index contributed by atoms with van der Waals surface area (Å²) in [6.07, 6.45) is -2.29. The molecule has 1 aromatic heterocycles. The summed E-state index contributed by atoms with van der Waals surface area (Å²) in [6, 6.07) is 15.7. The van der Waals surface area contributed by atoms with Gasteiger partial charge in [-0.15, -0.1) is 13.2 Å². The number of fused-ring (bicyclic) bond motifs is 1. The summed E-state index contributed by atoms with van der Waals surface area (Å²) in [4.78, 5) is 4.25. The Morgan fingerprint density at radius 2 is 1.64 bits per heavy atom. The van der Waals surface area contributed by atoms with Crippen LogP contribution in [0.15, 0.2) is 60.8 Å². The van der Waals surface area contributed by atoms with Gasteiger partial charge in [0.2, 0.25) is 0 Å². The van der Waals surface area contributed by atoms with Crippen molar-refractivity contribution in [3.05, 3.63) is 71.9 Å². The lowest BCUT2D eigenvalue weighted by molar-refractivity contribution is -0.274. The lowest BCUT2D eigenvalue weighted by Crippen LogP contribution is -2.17. The summed E-state index contributed by atoms with van der Waals surface area (Å²) in [5, 5.41) is 1.04. The summed E-state index contributed by atoms with van der Waals surface area (Å²) in [5.74, 6) is -0.209. The SMILES string of the molecule is FC(F)(F)Oc1ccc(Cc2ccc3ncccc3c2)cc1. The van der Waals surface area contributed by atoms with E-state index in [9.17, 15) is 13.2 Å². The summed E-state index contributed by atoms with van der Waals surface area (Å²) in [6.45, 7) is 0. The Labute approximate surface area is 125 Å². The fraction of sp³-hybridized carbons (Fsp3) is 0.118. The molecule has 2 aromatic carbocycles. The highest BCUT2D eigenvalue weighted by Crippen LogP contribution is 2.24. The monoisotopic (exact) mass is 303 g/mol. The molecule has 0 aliphatic carbocycles. The number of aromatic nitrogens is 1. The van der Waals surface area contributed by atoms with Gasteiger partial charge >= 0.3 is 6.36 Å². The van der Waals surface area contributed by atoms with Crippen molar-refractivity contribution in [3.8, 4) is 5.75 Å². The molecule has 22 heavy (non-hydrogen) atoms. The first kappa shape index (κ1) is 14.4. The van der Waals surface area contributed by atoms with Crippen molar-refractivity contribution in [2.24, 2.45) is 0 Å². The molecule has 2 nitrogen and oxygen atoms in total. The van der Waals surface area contributed by atoms with Gasteiger partial charge in [0.25, 0.3) is 0 Å². The molecular formula is C17H12F3NO. The molecule has 0 amide bonds. The van der Waals surface area contributed by atoms with Gasteiger partial charge in [0, 0.05) is 11.6 Å². The van der Waals surface area contributed by atoms with Crippen LogP contribution in [0.5, 0.6) is 5.75 Å². The second kappa shape index (κ2) is 5.67. The maximum Gasteiger partial charge on any atom is 0.573 e. The summed E-state index contributed by atoms with van der Waals surface area (Å²) in [7, 11) is 0. The molecule has 5 heteroatoms. The lowest BCUT2D eigenvalue weighted by Gasteiger charge is -2.09. The van der Waals surface area contributed by atoms with Crippen LogP contribution in [0.25, 0.3) is 10.9 Å². The number of benzene rings is 2. The third-order valence-corrected chi connectivity index (χ3v) is 3.23. The first-order valence-corrected chi connectivity index (χ1v) is 6.68. The van der Waals surface area contributed by atoms with Gasteiger partial charge < -0.3 is 4.74 Å². The minimum absolute atomic E-state index is 0.209. The van der Waals surface area contributed by atoms with E-state index in [-0.39, 0.29) is 5.75 Å². The number of pyridine rings is 1. The van der Waals surface area contributed by atoms with E-state index in [1.54, 1.807) is 18.3 Å². The second-order valence-electron chi connectivity index (χ2n) is 4.90. The van der Waals surface area contributed by atoms with Crippen molar-refractivity contribution in [2.75, 3.05) is 0 Å². The molecule has 0 atom stereocenters. The third-order valence-electron chi connectivity index (χ3n) is 3.23. The van der Waals surface area contributed by atoms with Gasteiger partial charge in [0.1, 0.15) is 5.75 Å². The van der Waals surface area contributed by atoms with Crippen LogP contribution in [0.4, 0.5) is 13.2 Å². The van der Waals surface area contributed by atoms with Crippen LogP contribution in [0.1, 0.15) is 11.1 Å². The molecule has 0 fully saturated rings. The predicted octanol–water partition coefficient (Wildman–Crippen LogP) is 4.72. The van der Waals surface area contributed by atoms with Crippen LogP contribution in [-0.2, 0) is 6.42 Å². The van der Waals surface area contributed by atoms with Crippen molar-refractivity contribution in [2.45, 2.75) is 12.8 Å². The minimum atomic E-state index is -4.66. The van der Waals surface area contributed by atoms with Crippen LogP contribution in [0.3, 0.4) is 0 Å². The van der Waals surface area contributed by atoms with Crippen molar-refractivity contribution in [1.29, 1.82) is 0 Å². The van der Waals surface area contributed by atoms with Crippen LogP contribution < -0.4 is 4.74 Å². The molecule has 0 spiro atoms.